The van der Waals surface area contributed by atoms with E-state index in [0.29, 0.717) is 0 Å². The molecule has 13 heavy (non-hydrogen) atoms. The van der Waals surface area contributed by atoms with E-state index >= 15 is 0 Å². The first-order valence-electron chi connectivity index (χ1n) is 5.06. The number of hydrogen-bond acceptors (Lipinski definition) is 3. The van der Waals surface area contributed by atoms with E-state index in [9.17, 15) is 0 Å². The summed E-state index contributed by atoms with van der Waals surface area (Å²) in [5.74, 6) is 0. The topological polar surface area (TPSA) is 36.1 Å². The number of hydrogen-bond donors (Lipinski definition) is 3. The summed E-state index contributed by atoms with van der Waals surface area (Å²) in [5.41, 5.74) is 0. The molecule has 0 unspecified atom stereocenters. The monoisotopic (exact) mass is 233 g/mol. The predicted molar refractivity (Wildman–Crippen MR) is 66.5 cm³/mol. The standard InChI is InChI=1S/C7H23N3Si3/c1-7-13(6)9-11(2,3)8-12(4,5)10-13/h8-10H,7H2,1-6H3. The van der Waals surface area contributed by atoms with Gasteiger partial charge in [0.15, 0.2) is 25.2 Å². The van der Waals surface area contributed by atoms with E-state index < -0.39 is 25.2 Å². The molecule has 1 rings (SSSR count). The molecule has 3 N–H and O–H groups in total. The lowest BCUT2D eigenvalue weighted by molar-refractivity contribution is 1.01. The Balaban J connectivity index is 2.84. The summed E-state index contributed by atoms with van der Waals surface area (Å²) >= 11 is 0. The Morgan fingerprint density at radius 3 is 1.46 bits per heavy atom. The van der Waals surface area contributed by atoms with E-state index in [1.54, 1.807) is 0 Å². The van der Waals surface area contributed by atoms with Crippen LogP contribution in [0.25, 0.3) is 0 Å². The molecule has 0 spiro atoms. The normalized spacial score (nSPS) is 30.0. The highest BCUT2D eigenvalue weighted by atomic mass is 28.5. The summed E-state index contributed by atoms with van der Waals surface area (Å²) in [7, 11) is -3.96. The van der Waals surface area contributed by atoms with Crippen molar-refractivity contribution < 1.29 is 0 Å². The van der Waals surface area contributed by atoms with E-state index in [1.807, 2.05) is 0 Å². The Labute approximate surface area is 85.2 Å². The highest BCUT2D eigenvalue weighted by Gasteiger charge is 2.46. The van der Waals surface area contributed by atoms with E-state index in [0.717, 1.165) is 0 Å². The van der Waals surface area contributed by atoms with Crippen LogP contribution < -0.4 is 13.9 Å². The molecule has 1 heterocycles. The molecule has 6 heteroatoms. The molecule has 0 aliphatic carbocycles. The van der Waals surface area contributed by atoms with E-state index in [-0.39, 0.29) is 0 Å². The van der Waals surface area contributed by atoms with Crippen LogP contribution in [0.3, 0.4) is 0 Å². The molecule has 0 aromatic carbocycles. The third-order valence-electron chi connectivity index (χ3n) is 2.51. The molecule has 78 valence electrons. The molecular formula is C7H23N3Si3. The van der Waals surface area contributed by atoms with Crippen molar-refractivity contribution in [3.8, 4) is 0 Å². The fourth-order valence-corrected chi connectivity index (χ4v) is 23.6. The van der Waals surface area contributed by atoms with Crippen molar-refractivity contribution in [3.05, 3.63) is 0 Å². The first-order chi connectivity index (χ1) is 5.68. The van der Waals surface area contributed by atoms with Gasteiger partial charge in [0.2, 0.25) is 0 Å². The molecule has 1 aliphatic rings. The van der Waals surface area contributed by atoms with Gasteiger partial charge in [-0.25, -0.2) is 0 Å². The minimum Gasteiger partial charge on any atom is -0.336 e. The summed E-state index contributed by atoms with van der Waals surface area (Å²) in [4.78, 5) is 0. The summed E-state index contributed by atoms with van der Waals surface area (Å²) in [6.07, 6.45) is 0. The molecule has 0 amide bonds. The summed E-state index contributed by atoms with van der Waals surface area (Å²) in [6, 6.07) is 1.28. The first kappa shape index (κ1) is 11.6. The Bertz CT molecular complexity index is 189. The molecule has 0 bridgehead atoms. The van der Waals surface area contributed by atoms with Crippen LogP contribution in [0, 0.1) is 0 Å². The first-order valence-corrected chi connectivity index (χ1v) is 13.8. The molecule has 3 nitrogen and oxygen atoms in total. The minimum absolute atomic E-state index is 1.28. The Kier molecular flexibility index (Phi) is 2.93. The highest BCUT2D eigenvalue weighted by molar-refractivity contribution is 7.05. The van der Waals surface area contributed by atoms with Gasteiger partial charge in [0.05, 0.1) is 0 Å². The van der Waals surface area contributed by atoms with Crippen molar-refractivity contribution in [2.24, 2.45) is 0 Å². The van der Waals surface area contributed by atoms with Crippen molar-refractivity contribution in [1.29, 1.82) is 0 Å². The third kappa shape index (κ3) is 3.00. The zero-order chi connectivity index (χ0) is 10.3. The minimum atomic E-state index is -1.32. The third-order valence-corrected chi connectivity index (χ3v) is 18.3. The van der Waals surface area contributed by atoms with Crippen LogP contribution in [-0.4, -0.2) is 25.2 Å². The summed E-state index contributed by atoms with van der Waals surface area (Å²) < 4.78 is 11.5. The molecule has 0 radical (unpaired) electrons. The van der Waals surface area contributed by atoms with Crippen LogP contribution in [0.15, 0.2) is 0 Å². The second-order valence-corrected chi connectivity index (χ2v) is 18.2. The maximum Gasteiger partial charge on any atom is 0.186 e. The van der Waals surface area contributed by atoms with Crippen molar-refractivity contribution >= 4 is 25.2 Å². The molecular weight excluding hydrogens is 210 g/mol. The average Bonchev–Trinajstić information content (AvgIpc) is 1.79. The van der Waals surface area contributed by atoms with Crippen LogP contribution in [0.5, 0.6) is 0 Å². The zero-order valence-electron chi connectivity index (χ0n) is 9.71. The zero-order valence-corrected chi connectivity index (χ0v) is 12.7. The van der Waals surface area contributed by atoms with Crippen molar-refractivity contribution in [3.63, 3.8) is 0 Å². The fourth-order valence-electron chi connectivity index (χ4n) is 2.43. The lowest BCUT2D eigenvalue weighted by Crippen LogP contribution is -2.88. The van der Waals surface area contributed by atoms with Gasteiger partial charge >= 0.3 is 0 Å². The Morgan fingerprint density at radius 2 is 1.15 bits per heavy atom. The average molecular weight is 234 g/mol. The van der Waals surface area contributed by atoms with Gasteiger partial charge in [-0.1, -0.05) is 6.92 Å². The lowest BCUT2D eigenvalue weighted by Gasteiger charge is -2.50. The van der Waals surface area contributed by atoms with Gasteiger partial charge in [0.25, 0.3) is 0 Å². The lowest BCUT2D eigenvalue weighted by atomic mass is 11.0. The molecule has 1 saturated heterocycles. The Morgan fingerprint density at radius 1 is 0.769 bits per heavy atom. The fraction of sp³-hybridized carbons (Fsp3) is 1.00. The number of nitrogens with one attached hydrogen (secondary N) is 3. The summed E-state index contributed by atoms with van der Waals surface area (Å²) in [5, 5.41) is 0. The molecule has 0 saturated carbocycles. The molecule has 0 aromatic heterocycles. The van der Waals surface area contributed by atoms with Gasteiger partial charge in [-0.2, -0.15) is 0 Å². The second-order valence-electron chi connectivity index (χ2n) is 5.31. The quantitative estimate of drug-likeness (QED) is 0.597. The van der Waals surface area contributed by atoms with Gasteiger partial charge in [0.1, 0.15) is 0 Å². The van der Waals surface area contributed by atoms with Gasteiger partial charge in [-0.05, 0) is 38.8 Å². The van der Waals surface area contributed by atoms with Crippen LogP contribution in [0.2, 0.25) is 38.8 Å². The van der Waals surface area contributed by atoms with E-state index in [1.165, 1.54) is 6.04 Å². The second kappa shape index (κ2) is 3.28. The Hall–Kier alpha value is 0.531. The maximum atomic E-state index is 3.86. The number of rotatable bonds is 1. The van der Waals surface area contributed by atoms with Crippen LogP contribution in [-0.2, 0) is 0 Å². The smallest absolute Gasteiger partial charge is 0.186 e. The van der Waals surface area contributed by atoms with Crippen molar-refractivity contribution in [2.45, 2.75) is 45.7 Å². The molecule has 1 aliphatic heterocycles. The van der Waals surface area contributed by atoms with Crippen molar-refractivity contribution in [1.82, 2.24) is 13.9 Å². The van der Waals surface area contributed by atoms with Gasteiger partial charge in [-0.3, -0.25) is 0 Å². The van der Waals surface area contributed by atoms with Crippen LogP contribution in [0.4, 0.5) is 0 Å². The van der Waals surface area contributed by atoms with Gasteiger partial charge in [0, 0.05) is 0 Å². The molecule has 0 aromatic rings. The molecule has 1 fully saturated rings. The van der Waals surface area contributed by atoms with Crippen LogP contribution in [0.1, 0.15) is 6.92 Å². The van der Waals surface area contributed by atoms with Gasteiger partial charge in [-0.15, -0.1) is 0 Å². The summed E-state index contributed by atoms with van der Waals surface area (Å²) in [6.45, 7) is 14.2. The largest absolute Gasteiger partial charge is 0.336 e. The van der Waals surface area contributed by atoms with Crippen molar-refractivity contribution in [2.75, 3.05) is 0 Å². The van der Waals surface area contributed by atoms with E-state index in [2.05, 4.69) is 53.6 Å². The SMILES string of the molecule is CC[Si]1(C)N[Si](C)(C)N[Si](C)(C)N1. The van der Waals surface area contributed by atoms with E-state index in [4.69, 9.17) is 0 Å². The van der Waals surface area contributed by atoms with Crippen LogP contribution >= 0.6 is 0 Å². The predicted octanol–water partition coefficient (Wildman–Crippen LogP) is 1.26. The van der Waals surface area contributed by atoms with Gasteiger partial charge < -0.3 is 13.9 Å². The highest BCUT2D eigenvalue weighted by Crippen LogP contribution is 2.14. The maximum absolute atomic E-state index is 3.86. The molecule has 0 atom stereocenters.